The summed E-state index contributed by atoms with van der Waals surface area (Å²) in [6, 6.07) is 15.0. The Labute approximate surface area is 234 Å². The van der Waals surface area contributed by atoms with Crippen LogP contribution in [0.1, 0.15) is 49.7 Å². The van der Waals surface area contributed by atoms with E-state index in [2.05, 4.69) is 21.7 Å². The van der Waals surface area contributed by atoms with E-state index in [1.807, 2.05) is 58.5 Å². The fourth-order valence-corrected chi connectivity index (χ4v) is 7.11. The van der Waals surface area contributed by atoms with Crippen molar-refractivity contribution in [2.24, 2.45) is 5.73 Å². The van der Waals surface area contributed by atoms with Crippen LogP contribution in [0.15, 0.2) is 54.7 Å². The van der Waals surface area contributed by atoms with Gasteiger partial charge in [-0.3, -0.25) is 14.5 Å². The monoisotopic (exact) mass is 542 g/mol. The Kier molecular flexibility index (Phi) is 6.78. The van der Waals surface area contributed by atoms with E-state index in [0.717, 1.165) is 53.4 Å². The third kappa shape index (κ3) is 4.52. The number of rotatable bonds is 5. The largest absolute Gasteiger partial charge is 0.361 e. The lowest BCUT2D eigenvalue weighted by atomic mass is 9.84. The first-order chi connectivity index (χ1) is 19.3. The minimum absolute atomic E-state index is 0.132. The number of fused-ring (bicyclic) bond motifs is 2. The zero-order valence-electron chi connectivity index (χ0n) is 23.0. The van der Waals surface area contributed by atoms with Gasteiger partial charge in [-0.2, -0.15) is 0 Å². The van der Waals surface area contributed by atoms with E-state index in [1.165, 1.54) is 0 Å². The number of carbonyl (C=O) groups excluding carboxylic acids is 3. The maximum Gasteiger partial charge on any atom is 0.322 e. The third-order valence-electron chi connectivity index (χ3n) is 9.16. The fraction of sp³-hybridized carbons (Fsp3) is 0.452. The first kappa shape index (κ1) is 26.4. The van der Waals surface area contributed by atoms with Crippen molar-refractivity contribution in [3.63, 3.8) is 0 Å². The molecule has 1 aromatic heterocycles. The minimum atomic E-state index is -0.940. The Morgan fingerprint density at radius 3 is 2.58 bits per heavy atom. The van der Waals surface area contributed by atoms with Crippen LogP contribution in [-0.2, 0) is 22.4 Å². The van der Waals surface area contributed by atoms with E-state index in [9.17, 15) is 14.4 Å². The summed E-state index contributed by atoms with van der Waals surface area (Å²) in [4.78, 5) is 47.9. The summed E-state index contributed by atoms with van der Waals surface area (Å²) in [5.74, 6) is -0.387. The molecule has 0 radical (unpaired) electrons. The number of nitrogens with zero attached hydrogens (tertiary/aromatic N) is 2. The molecule has 3 aliphatic rings. The average molecular weight is 543 g/mol. The molecule has 1 saturated heterocycles. The Bertz CT molecular complexity index is 1440. The molecule has 2 atom stereocenters. The molecule has 2 fully saturated rings. The van der Waals surface area contributed by atoms with Crippen LogP contribution in [0, 0.1) is 0 Å². The quantitative estimate of drug-likeness (QED) is 0.395. The molecular weight excluding hydrogens is 504 g/mol. The Hall–Kier alpha value is -3.85. The standard InChI is InChI=1S/C31H38N6O3/c1-33-29(40)37-26-12-5-2-9-21(26)18-30(37)13-8-16-36(20-30)27(38)25(35-28(39)31(32)14-6-7-15-31)17-22-19-34-24-11-4-3-10-23(22)24/h2-5,9-12,19,25,34H,6-8,13-18,20,32H2,1H3,(H,33,40)(H,35,39)/t25-,30?/m1/s1. The SMILES string of the molecule is CNC(=O)N1c2ccccc2CC12CCCN(C(=O)[C@@H](Cc1c[nH]c3ccccc13)NC(=O)C1(N)CCCC1)C2. The van der Waals surface area contributed by atoms with Crippen molar-refractivity contribution < 1.29 is 14.4 Å². The van der Waals surface area contributed by atoms with Crippen molar-refractivity contribution in [1.29, 1.82) is 0 Å². The maximum absolute atomic E-state index is 14.3. The highest BCUT2D eigenvalue weighted by atomic mass is 16.2. The predicted molar refractivity (Wildman–Crippen MR) is 155 cm³/mol. The molecule has 0 bridgehead atoms. The number of hydrogen-bond donors (Lipinski definition) is 4. The molecule has 1 unspecified atom stereocenters. The van der Waals surface area contributed by atoms with E-state index in [1.54, 1.807) is 7.05 Å². The summed E-state index contributed by atoms with van der Waals surface area (Å²) in [5.41, 5.74) is 9.00. The van der Waals surface area contributed by atoms with Gasteiger partial charge in [-0.1, -0.05) is 49.2 Å². The van der Waals surface area contributed by atoms with Crippen molar-refractivity contribution in [3.05, 3.63) is 65.9 Å². The molecule has 6 rings (SSSR count). The number of likely N-dealkylation sites (tertiary alicyclic amines) is 1. The molecule has 9 nitrogen and oxygen atoms in total. The Balaban J connectivity index is 1.30. The number of carbonyl (C=O) groups is 3. The van der Waals surface area contributed by atoms with Gasteiger partial charge >= 0.3 is 6.03 Å². The van der Waals surface area contributed by atoms with Crippen LogP contribution >= 0.6 is 0 Å². The van der Waals surface area contributed by atoms with Crippen LogP contribution < -0.4 is 21.3 Å². The predicted octanol–water partition coefficient (Wildman–Crippen LogP) is 3.23. The van der Waals surface area contributed by atoms with Gasteiger partial charge in [0, 0.05) is 49.3 Å². The third-order valence-corrected chi connectivity index (χ3v) is 9.16. The molecule has 2 aliphatic heterocycles. The molecule has 1 spiro atoms. The van der Waals surface area contributed by atoms with Gasteiger partial charge < -0.3 is 26.3 Å². The van der Waals surface area contributed by atoms with Gasteiger partial charge in [0.25, 0.3) is 0 Å². The molecule has 3 heterocycles. The van der Waals surface area contributed by atoms with Gasteiger partial charge in [-0.15, -0.1) is 0 Å². The lowest BCUT2D eigenvalue weighted by molar-refractivity contribution is -0.139. The second kappa shape index (κ2) is 10.3. The molecule has 9 heteroatoms. The zero-order valence-corrected chi connectivity index (χ0v) is 23.0. The minimum Gasteiger partial charge on any atom is -0.361 e. The van der Waals surface area contributed by atoms with E-state index in [0.29, 0.717) is 38.8 Å². The van der Waals surface area contributed by atoms with Gasteiger partial charge in [0.2, 0.25) is 11.8 Å². The van der Waals surface area contributed by atoms with Crippen molar-refractivity contribution in [2.75, 3.05) is 25.0 Å². The molecule has 1 saturated carbocycles. The summed E-state index contributed by atoms with van der Waals surface area (Å²) >= 11 is 0. The topological polar surface area (TPSA) is 124 Å². The first-order valence-electron chi connectivity index (χ1n) is 14.4. The van der Waals surface area contributed by atoms with E-state index < -0.39 is 17.1 Å². The van der Waals surface area contributed by atoms with Crippen LogP contribution in [-0.4, -0.2) is 65.0 Å². The highest BCUT2D eigenvalue weighted by Crippen LogP contribution is 2.43. The first-order valence-corrected chi connectivity index (χ1v) is 14.4. The number of hydrogen-bond acceptors (Lipinski definition) is 4. The summed E-state index contributed by atoms with van der Waals surface area (Å²) in [7, 11) is 1.64. The van der Waals surface area contributed by atoms with E-state index in [-0.39, 0.29) is 17.8 Å². The summed E-state index contributed by atoms with van der Waals surface area (Å²) in [6.45, 7) is 0.981. The van der Waals surface area contributed by atoms with Crippen LogP contribution in [0.5, 0.6) is 0 Å². The number of nitrogens with two attached hydrogens (primary N) is 1. The van der Waals surface area contributed by atoms with Crippen LogP contribution in [0.2, 0.25) is 0 Å². The molecule has 1 aliphatic carbocycles. The molecule has 2 aromatic carbocycles. The lowest BCUT2D eigenvalue weighted by Gasteiger charge is -2.46. The fourth-order valence-electron chi connectivity index (χ4n) is 7.11. The highest BCUT2D eigenvalue weighted by molar-refractivity contribution is 5.97. The highest BCUT2D eigenvalue weighted by Gasteiger charge is 2.50. The number of para-hydroxylation sites is 2. The number of nitrogens with one attached hydrogen (secondary N) is 3. The molecular formula is C31H38N6O3. The van der Waals surface area contributed by atoms with Gasteiger partial charge in [0.1, 0.15) is 6.04 Å². The average Bonchev–Trinajstić information content (AvgIpc) is 3.68. The number of urea groups is 1. The van der Waals surface area contributed by atoms with Gasteiger partial charge in [-0.25, -0.2) is 4.79 Å². The molecule has 210 valence electrons. The number of aromatic nitrogens is 1. The van der Waals surface area contributed by atoms with Crippen molar-refractivity contribution >= 4 is 34.4 Å². The summed E-state index contributed by atoms with van der Waals surface area (Å²) in [6.07, 6.45) is 7.60. The van der Waals surface area contributed by atoms with E-state index in [4.69, 9.17) is 5.73 Å². The molecule has 4 amide bonds. The van der Waals surface area contributed by atoms with Crippen molar-refractivity contribution in [3.8, 4) is 0 Å². The van der Waals surface area contributed by atoms with E-state index >= 15 is 0 Å². The maximum atomic E-state index is 14.3. The number of piperidine rings is 1. The van der Waals surface area contributed by atoms with Crippen LogP contribution in [0.4, 0.5) is 10.5 Å². The van der Waals surface area contributed by atoms with Crippen molar-refractivity contribution in [1.82, 2.24) is 20.5 Å². The smallest absolute Gasteiger partial charge is 0.322 e. The lowest BCUT2D eigenvalue weighted by Crippen LogP contribution is -2.64. The Morgan fingerprint density at radius 1 is 1.02 bits per heavy atom. The summed E-state index contributed by atoms with van der Waals surface area (Å²) < 4.78 is 0. The number of amides is 4. The molecule has 3 aromatic rings. The number of benzene rings is 2. The van der Waals surface area contributed by atoms with Crippen LogP contribution in [0.3, 0.4) is 0 Å². The number of H-pyrrole nitrogens is 1. The second-order valence-electron chi connectivity index (χ2n) is 11.7. The zero-order chi connectivity index (χ0) is 27.9. The van der Waals surface area contributed by atoms with Gasteiger partial charge in [0.05, 0.1) is 11.1 Å². The normalized spacial score (nSPS) is 22.4. The molecule has 5 N–H and O–H groups in total. The number of aromatic amines is 1. The Morgan fingerprint density at radius 2 is 1.77 bits per heavy atom. The second-order valence-corrected chi connectivity index (χ2v) is 11.7. The molecule has 40 heavy (non-hydrogen) atoms. The summed E-state index contributed by atoms with van der Waals surface area (Å²) in [5, 5.41) is 6.91. The number of anilines is 1. The van der Waals surface area contributed by atoms with Crippen molar-refractivity contribution in [2.45, 2.75) is 68.5 Å². The van der Waals surface area contributed by atoms with Crippen LogP contribution in [0.25, 0.3) is 10.9 Å². The van der Waals surface area contributed by atoms with Gasteiger partial charge in [-0.05, 0) is 55.4 Å². The van der Waals surface area contributed by atoms with Gasteiger partial charge in [0.15, 0.2) is 0 Å².